The van der Waals surface area contributed by atoms with E-state index in [1.807, 2.05) is 24.3 Å². The van der Waals surface area contributed by atoms with Crippen LogP contribution in [0.4, 0.5) is 0 Å². The van der Waals surface area contributed by atoms with Crippen LogP contribution in [-0.2, 0) is 26.2 Å². The number of sulfonamides is 1. The van der Waals surface area contributed by atoms with Crippen LogP contribution < -0.4 is 10.6 Å². The molecule has 13 heteroatoms. The highest BCUT2D eigenvalue weighted by Gasteiger charge is 2.27. The van der Waals surface area contributed by atoms with Gasteiger partial charge in [0, 0.05) is 32.7 Å². The summed E-state index contributed by atoms with van der Waals surface area (Å²) in [5, 5.41) is 5.42. The predicted molar refractivity (Wildman–Crippen MR) is 137 cm³/mol. The summed E-state index contributed by atoms with van der Waals surface area (Å²) in [5.41, 5.74) is 1.90. The molecule has 188 valence electrons. The molecule has 2 N–H and O–H groups in total. The predicted octanol–water partition coefficient (Wildman–Crippen LogP) is 2.39. The van der Waals surface area contributed by atoms with E-state index < -0.39 is 22.5 Å². The second-order valence-corrected chi connectivity index (χ2v) is 11.0. The number of benzene rings is 2. The number of amidine groups is 1. The molecular formula is C22H24Cl3N5O4S. The van der Waals surface area contributed by atoms with Gasteiger partial charge in [-0.25, -0.2) is 8.42 Å². The third-order valence-corrected chi connectivity index (χ3v) is 8.49. The Morgan fingerprint density at radius 2 is 1.74 bits per heavy atom. The van der Waals surface area contributed by atoms with Crippen LogP contribution in [0.5, 0.6) is 0 Å². The zero-order chi connectivity index (χ0) is 25.8. The highest BCUT2D eigenvalue weighted by atomic mass is 35.5. The van der Waals surface area contributed by atoms with Crippen molar-refractivity contribution in [2.45, 2.75) is 11.4 Å². The molecule has 35 heavy (non-hydrogen) atoms. The maximum Gasteiger partial charge on any atom is 0.244 e. The molecule has 0 aromatic heterocycles. The van der Waals surface area contributed by atoms with E-state index in [0.29, 0.717) is 6.54 Å². The third kappa shape index (κ3) is 6.65. The number of rotatable bonds is 9. The van der Waals surface area contributed by atoms with E-state index in [4.69, 9.17) is 34.8 Å². The van der Waals surface area contributed by atoms with Crippen LogP contribution >= 0.6 is 34.8 Å². The van der Waals surface area contributed by atoms with Gasteiger partial charge in [0.2, 0.25) is 21.8 Å². The molecule has 9 nitrogen and oxygen atoms in total. The topological polar surface area (TPSA) is 111 Å². The van der Waals surface area contributed by atoms with Crippen molar-refractivity contribution in [2.24, 2.45) is 4.99 Å². The van der Waals surface area contributed by atoms with Gasteiger partial charge in [-0.3, -0.25) is 14.6 Å². The maximum atomic E-state index is 12.8. The van der Waals surface area contributed by atoms with Gasteiger partial charge in [-0.05, 0) is 17.7 Å². The van der Waals surface area contributed by atoms with Gasteiger partial charge < -0.3 is 15.5 Å². The summed E-state index contributed by atoms with van der Waals surface area (Å²) in [6, 6.07) is 10.2. The monoisotopic (exact) mass is 559 g/mol. The zero-order valence-electron chi connectivity index (χ0n) is 19.0. The van der Waals surface area contributed by atoms with E-state index >= 15 is 0 Å². The molecule has 2 amide bonds. The SMILES string of the molecule is CN(Cc1ccc(C2=NCCN2)cc1)C(=O)CNC(=O)CN(C)S(=O)(=O)c1ccc(Cl)c(Cl)c1Cl. The van der Waals surface area contributed by atoms with Crippen LogP contribution in [0.3, 0.4) is 0 Å². The molecule has 0 spiro atoms. The Kier molecular flexibility index (Phi) is 9.00. The quantitative estimate of drug-likeness (QED) is 0.458. The number of nitrogens with zero attached hydrogens (tertiary/aromatic N) is 3. The fourth-order valence-electron chi connectivity index (χ4n) is 3.25. The number of hydrogen-bond donors (Lipinski definition) is 2. The molecule has 0 bridgehead atoms. The first-order chi connectivity index (χ1) is 16.5. The van der Waals surface area contributed by atoms with Gasteiger partial charge in [-0.1, -0.05) is 59.1 Å². The molecule has 1 aliphatic rings. The number of amides is 2. The molecule has 1 heterocycles. The maximum absolute atomic E-state index is 12.8. The fraction of sp³-hybridized carbons (Fsp3) is 0.318. The molecule has 0 saturated heterocycles. The lowest BCUT2D eigenvalue weighted by Gasteiger charge is -2.20. The van der Waals surface area contributed by atoms with Gasteiger partial charge >= 0.3 is 0 Å². The molecular weight excluding hydrogens is 537 g/mol. The number of aliphatic imine (C=N–C) groups is 1. The largest absolute Gasteiger partial charge is 0.368 e. The molecule has 3 rings (SSSR count). The smallest absolute Gasteiger partial charge is 0.244 e. The van der Waals surface area contributed by atoms with Gasteiger partial charge in [-0.15, -0.1) is 0 Å². The van der Waals surface area contributed by atoms with Crippen LogP contribution in [0.15, 0.2) is 46.3 Å². The summed E-state index contributed by atoms with van der Waals surface area (Å²) in [5.74, 6) is -0.123. The third-order valence-electron chi connectivity index (χ3n) is 5.24. The highest BCUT2D eigenvalue weighted by molar-refractivity contribution is 7.89. The van der Waals surface area contributed by atoms with Gasteiger partial charge in [-0.2, -0.15) is 4.31 Å². The summed E-state index contributed by atoms with van der Waals surface area (Å²) >= 11 is 17.8. The normalized spacial score (nSPS) is 13.4. The van der Waals surface area contributed by atoms with Crippen molar-refractivity contribution in [2.75, 3.05) is 40.3 Å². The Morgan fingerprint density at radius 3 is 2.37 bits per heavy atom. The molecule has 0 aliphatic carbocycles. The van der Waals surface area contributed by atoms with E-state index in [0.717, 1.165) is 34.4 Å². The summed E-state index contributed by atoms with van der Waals surface area (Å²) in [6.07, 6.45) is 0. The first-order valence-electron chi connectivity index (χ1n) is 10.5. The number of halogens is 3. The summed E-state index contributed by atoms with van der Waals surface area (Å²) in [6.45, 7) is 1.12. The second-order valence-electron chi connectivity index (χ2n) is 7.82. The minimum absolute atomic E-state index is 0.0977. The first-order valence-corrected chi connectivity index (χ1v) is 13.1. The highest BCUT2D eigenvalue weighted by Crippen LogP contribution is 2.35. The van der Waals surface area contributed by atoms with Gasteiger partial charge in [0.25, 0.3) is 0 Å². The second kappa shape index (κ2) is 11.6. The lowest BCUT2D eigenvalue weighted by Crippen LogP contribution is -2.43. The van der Waals surface area contributed by atoms with Gasteiger partial charge in [0.15, 0.2) is 0 Å². The summed E-state index contributed by atoms with van der Waals surface area (Å²) in [4.78, 5) is 30.3. The Labute approximate surface area is 219 Å². The van der Waals surface area contributed by atoms with Crippen molar-refractivity contribution in [1.29, 1.82) is 0 Å². The molecule has 0 saturated carbocycles. The number of nitrogens with one attached hydrogen (secondary N) is 2. The summed E-state index contributed by atoms with van der Waals surface area (Å²) < 4.78 is 26.4. The molecule has 0 atom stereocenters. The molecule has 2 aromatic carbocycles. The number of carbonyl (C=O) groups is 2. The van der Waals surface area contributed by atoms with Crippen molar-refractivity contribution >= 4 is 62.5 Å². The lowest BCUT2D eigenvalue weighted by molar-refractivity contribution is -0.132. The van der Waals surface area contributed by atoms with Crippen LogP contribution in [-0.4, -0.2) is 75.5 Å². The Morgan fingerprint density at radius 1 is 1.06 bits per heavy atom. The average Bonchev–Trinajstić information content (AvgIpc) is 3.36. The molecule has 1 aliphatic heterocycles. The minimum Gasteiger partial charge on any atom is -0.368 e. The molecule has 0 fully saturated rings. The average molecular weight is 561 g/mol. The van der Waals surface area contributed by atoms with Crippen LogP contribution in [0.2, 0.25) is 15.1 Å². The van der Waals surface area contributed by atoms with Crippen LogP contribution in [0.25, 0.3) is 0 Å². The van der Waals surface area contributed by atoms with Crippen molar-refractivity contribution in [1.82, 2.24) is 19.8 Å². The number of carbonyl (C=O) groups excluding carboxylic acids is 2. The van der Waals surface area contributed by atoms with Crippen LogP contribution in [0, 0.1) is 0 Å². The number of hydrogen-bond acceptors (Lipinski definition) is 6. The van der Waals surface area contributed by atoms with Crippen LogP contribution in [0.1, 0.15) is 11.1 Å². The fourth-order valence-corrected chi connectivity index (χ4v) is 5.32. The summed E-state index contributed by atoms with van der Waals surface area (Å²) in [7, 11) is -1.28. The zero-order valence-corrected chi connectivity index (χ0v) is 22.1. The van der Waals surface area contributed by atoms with Gasteiger partial charge in [0.1, 0.15) is 10.7 Å². The van der Waals surface area contributed by atoms with E-state index in [1.165, 1.54) is 24.1 Å². The molecule has 0 radical (unpaired) electrons. The Hall–Kier alpha value is -2.37. The van der Waals surface area contributed by atoms with Crippen molar-refractivity contribution in [3.63, 3.8) is 0 Å². The molecule has 2 aromatic rings. The number of likely N-dealkylation sites (N-methyl/N-ethyl adjacent to an activating group) is 2. The van der Waals surface area contributed by atoms with E-state index in [9.17, 15) is 18.0 Å². The first kappa shape index (κ1) is 27.2. The van der Waals surface area contributed by atoms with E-state index in [2.05, 4.69) is 15.6 Å². The standard InChI is InChI=1S/C22H24Cl3N5O4S/c1-29(12-14-3-5-15(6-4-14)22-26-9-10-27-22)19(32)11-28-18(31)13-30(2)35(33,34)17-8-7-16(23)20(24)21(17)25/h3-8H,9-13H2,1-2H3,(H,26,27)(H,28,31). The van der Waals surface area contributed by atoms with Crippen molar-refractivity contribution in [3.8, 4) is 0 Å². The van der Waals surface area contributed by atoms with E-state index in [-0.39, 0.29) is 32.4 Å². The minimum atomic E-state index is -4.12. The van der Waals surface area contributed by atoms with Crippen molar-refractivity contribution in [3.05, 3.63) is 62.6 Å². The Bertz CT molecular complexity index is 1250. The van der Waals surface area contributed by atoms with E-state index in [1.54, 1.807) is 7.05 Å². The molecule has 0 unspecified atom stereocenters. The van der Waals surface area contributed by atoms with Gasteiger partial charge in [0.05, 0.1) is 34.7 Å². The lowest BCUT2D eigenvalue weighted by atomic mass is 10.1. The van der Waals surface area contributed by atoms with Crippen molar-refractivity contribution < 1.29 is 18.0 Å². The Balaban J connectivity index is 1.51.